The quantitative estimate of drug-likeness (QED) is 0.928. The van der Waals surface area contributed by atoms with Gasteiger partial charge in [0.05, 0.1) is 5.02 Å². The van der Waals surface area contributed by atoms with E-state index in [1.165, 1.54) is 19.3 Å². The van der Waals surface area contributed by atoms with Crippen LogP contribution in [0.25, 0.3) is 0 Å². The van der Waals surface area contributed by atoms with Gasteiger partial charge in [-0.3, -0.25) is 0 Å². The van der Waals surface area contributed by atoms with E-state index in [-0.39, 0.29) is 11.6 Å². The van der Waals surface area contributed by atoms with Crippen LogP contribution in [0.1, 0.15) is 44.1 Å². The lowest BCUT2D eigenvalue weighted by atomic mass is 9.77. The minimum atomic E-state index is -0.200. The zero-order valence-electron chi connectivity index (χ0n) is 12.8. The van der Waals surface area contributed by atoms with Crippen LogP contribution in [0.4, 0.5) is 0 Å². The highest BCUT2D eigenvalue weighted by Crippen LogP contribution is 2.38. The maximum absolute atomic E-state index is 6.58. The number of halogens is 1. The summed E-state index contributed by atoms with van der Waals surface area (Å²) in [6.45, 7) is 2.06. The van der Waals surface area contributed by atoms with Gasteiger partial charge in [-0.25, -0.2) is 0 Å². The molecule has 1 atom stereocenters. The second-order valence-corrected chi connectivity index (χ2v) is 7.06. The standard InChI is InChI=1S/C17H25ClN2O/c1-20-10-7-14(12-20)21-16-6-5-13(11-15(16)18)17(19)8-3-2-4-9-17/h5-6,11,14H,2-4,7-10,12,19H2,1H3. The van der Waals surface area contributed by atoms with Crippen LogP contribution in [0.2, 0.25) is 5.02 Å². The van der Waals surface area contributed by atoms with Gasteiger partial charge in [-0.05, 0) is 44.0 Å². The monoisotopic (exact) mass is 308 g/mol. The summed E-state index contributed by atoms with van der Waals surface area (Å²) >= 11 is 6.43. The third kappa shape index (κ3) is 3.36. The molecule has 4 heteroatoms. The van der Waals surface area contributed by atoms with E-state index in [4.69, 9.17) is 22.1 Å². The Balaban J connectivity index is 1.73. The Hall–Kier alpha value is -0.770. The van der Waals surface area contributed by atoms with Gasteiger partial charge in [0.25, 0.3) is 0 Å². The van der Waals surface area contributed by atoms with E-state index in [0.717, 1.165) is 43.7 Å². The molecule has 2 aliphatic rings. The van der Waals surface area contributed by atoms with Crippen LogP contribution >= 0.6 is 11.6 Å². The molecule has 1 saturated carbocycles. The number of benzene rings is 1. The minimum absolute atomic E-state index is 0.200. The summed E-state index contributed by atoms with van der Waals surface area (Å²) < 4.78 is 6.04. The largest absolute Gasteiger partial charge is 0.487 e. The molecule has 2 fully saturated rings. The number of nitrogens with two attached hydrogens (primary N) is 1. The Bertz CT molecular complexity index is 500. The maximum atomic E-state index is 6.58. The predicted molar refractivity (Wildman–Crippen MR) is 86.9 cm³/mol. The van der Waals surface area contributed by atoms with Crippen molar-refractivity contribution in [2.24, 2.45) is 5.73 Å². The molecule has 2 N–H and O–H groups in total. The summed E-state index contributed by atoms with van der Waals surface area (Å²) in [6, 6.07) is 6.12. The fourth-order valence-electron chi connectivity index (χ4n) is 3.55. The fraction of sp³-hybridized carbons (Fsp3) is 0.647. The van der Waals surface area contributed by atoms with E-state index >= 15 is 0 Å². The van der Waals surface area contributed by atoms with Gasteiger partial charge < -0.3 is 15.4 Å². The molecule has 0 spiro atoms. The molecular formula is C17H25ClN2O. The van der Waals surface area contributed by atoms with Crippen molar-refractivity contribution in [1.82, 2.24) is 4.90 Å². The average Bonchev–Trinajstić information content (AvgIpc) is 2.87. The van der Waals surface area contributed by atoms with E-state index in [1.807, 2.05) is 12.1 Å². The van der Waals surface area contributed by atoms with E-state index in [1.54, 1.807) is 0 Å². The second-order valence-electron chi connectivity index (χ2n) is 6.65. The molecule has 116 valence electrons. The van der Waals surface area contributed by atoms with Gasteiger partial charge in [-0.2, -0.15) is 0 Å². The summed E-state index contributed by atoms with van der Waals surface area (Å²) in [6.07, 6.45) is 7.13. The number of likely N-dealkylation sites (tertiary alicyclic amines) is 1. The van der Waals surface area contributed by atoms with Crippen molar-refractivity contribution in [1.29, 1.82) is 0 Å². The molecule has 1 aromatic rings. The molecule has 0 amide bonds. The Morgan fingerprint density at radius 3 is 2.67 bits per heavy atom. The Morgan fingerprint density at radius 1 is 1.29 bits per heavy atom. The lowest BCUT2D eigenvalue weighted by Crippen LogP contribution is -2.38. The molecule has 0 bridgehead atoms. The van der Waals surface area contributed by atoms with Gasteiger partial charge in [-0.1, -0.05) is 36.9 Å². The van der Waals surface area contributed by atoms with Gasteiger partial charge >= 0.3 is 0 Å². The summed E-state index contributed by atoms with van der Waals surface area (Å²) in [5.74, 6) is 0.792. The first-order valence-electron chi connectivity index (χ1n) is 8.01. The number of rotatable bonds is 3. The lowest BCUT2D eigenvalue weighted by Gasteiger charge is -2.34. The van der Waals surface area contributed by atoms with Crippen molar-refractivity contribution in [3.8, 4) is 5.75 Å². The average molecular weight is 309 g/mol. The number of nitrogens with zero attached hydrogens (tertiary/aromatic N) is 1. The van der Waals surface area contributed by atoms with Crippen molar-refractivity contribution in [3.05, 3.63) is 28.8 Å². The lowest BCUT2D eigenvalue weighted by molar-refractivity contribution is 0.208. The molecule has 21 heavy (non-hydrogen) atoms. The highest BCUT2D eigenvalue weighted by atomic mass is 35.5. The van der Waals surface area contributed by atoms with Crippen LogP contribution in [-0.4, -0.2) is 31.1 Å². The summed E-state index contributed by atoms with van der Waals surface area (Å²) in [4.78, 5) is 2.28. The van der Waals surface area contributed by atoms with Crippen molar-refractivity contribution in [2.75, 3.05) is 20.1 Å². The molecule has 1 aromatic carbocycles. The molecule has 1 aliphatic heterocycles. The summed E-state index contributed by atoms with van der Waals surface area (Å²) in [7, 11) is 2.12. The summed E-state index contributed by atoms with van der Waals surface area (Å²) in [5.41, 5.74) is 7.53. The smallest absolute Gasteiger partial charge is 0.138 e. The Kier molecular flexibility index (Phi) is 4.43. The molecular weight excluding hydrogens is 284 g/mol. The molecule has 0 aromatic heterocycles. The van der Waals surface area contributed by atoms with Crippen molar-refractivity contribution < 1.29 is 4.74 Å². The molecule has 1 unspecified atom stereocenters. The van der Waals surface area contributed by atoms with Gasteiger partial charge in [-0.15, -0.1) is 0 Å². The van der Waals surface area contributed by atoms with Crippen molar-refractivity contribution in [2.45, 2.75) is 50.2 Å². The van der Waals surface area contributed by atoms with Crippen LogP contribution in [0.5, 0.6) is 5.75 Å². The topological polar surface area (TPSA) is 38.5 Å². The molecule has 1 saturated heterocycles. The van der Waals surface area contributed by atoms with E-state index in [2.05, 4.69) is 18.0 Å². The first-order valence-corrected chi connectivity index (χ1v) is 8.39. The van der Waals surface area contributed by atoms with Gasteiger partial charge in [0.1, 0.15) is 11.9 Å². The van der Waals surface area contributed by atoms with Crippen LogP contribution < -0.4 is 10.5 Å². The highest BCUT2D eigenvalue weighted by Gasteiger charge is 2.30. The SMILES string of the molecule is CN1CCC(Oc2ccc(C3(N)CCCCC3)cc2Cl)C1. The fourth-order valence-corrected chi connectivity index (χ4v) is 3.77. The molecule has 0 radical (unpaired) electrons. The van der Waals surface area contributed by atoms with Crippen LogP contribution in [0, 0.1) is 0 Å². The molecule has 1 aliphatic carbocycles. The third-order valence-electron chi connectivity index (χ3n) is 4.89. The summed E-state index contributed by atoms with van der Waals surface area (Å²) in [5, 5.41) is 0.692. The first kappa shape index (κ1) is 15.1. The highest BCUT2D eigenvalue weighted by molar-refractivity contribution is 6.32. The van der Waals surface area contributed by atoms with Crippen molar-refractivity contribution in [3.63, 3.8) is 0 Å². The van der Waals surface area contributed by atoms with Gasteiger partial charge in [0.15, 0.2) is 0 Å². The predicted octanol–water partition coefficient (Wildman–Crippen LogP) is 3.54. The molecule has 3 rings (SSSR count). The van der Waals surface area contributed by atoms with E-state index in [0.29, 0.717) is 5.02 Å². The van der Waals surface area contributed by atoms with E-state index < -0.39 is 0 Å². The third-order valence-corrected chi connectivity index (χ3v) is 5.19. The Morgan fingerprint density at radius 2 is 2.05 bits per heavy atom. The number of hydrogen-bond donors (Lipinski definition) is 1. The first-order chi connectivity index (χ1) is 10.1. The van der Waals surface area contributed by atoms with E-state index in [9.17, 15) is 0 Å². The number of hydrogen-bond acceptors (Lipinski definition) is 3. The van der Waals surface area contributed by atoms with Gasteiger partial charge in [0.2, 0.25) is 0 Å². The zero-order valence-corrected chi connectivity index (χ0v) is 13.5. The van der Waals surface area contributed by atoms with Gasteiger partial charge in [0, 0.05) is 18.6 Å². The van der Waals surface area contributed by atoms with Crippen LogP contribution in [-0.2, 0) is 5.54 Å². The molecule has 3 nitrogen and oxygen atoms in total. The maximum Gasteiger partial charge on any atom is 0.138 e. The number of likely N-dealkylation sites (N-methyl/N-ethyl adjacent to an activating group) is 1. The Labute approximate surface area is 132 Å². The van der Waals surface area contributed by atoms with Crippen LogP contribution in [0.3, 0.4) is 0 Å². The second kappa shape index (κ2) is 6.15. The number of ether oxygens (including phenoxy) is 1. The zero-order chi connectivity index (χ0) is 14.9. The van der Waals surface area contributed by atoms with Crippen molar-refractivity contribution >= 4 is 11.6 Å². The molecule has 1 heterocycles. The van der Waals surface area contributed by atoms with Crippen LogP contribution in [0.15, 0.2) is 18.2 Å². The minimum Gasteiger partial charge on any atom is -0.487 e. The normalized spacial score (nSPS) is 26.0.